The highest BCUT2D eigenvalue weighted by molar-refractivity contribution is 7.99. The molecule has 30 heavy (non-hydrogen) atoms. The minimum atomic E-state index is -0.125. The van der Waals surface area contributed by atoms with Crippen LogP contribution in [-0.2, 0) is 6.54 Å². The fraction of sp³-hybridized carbons (Fsp3) is 0.0870. The summed E-state index contributed by atoms with van der Waals surface area (Å²) in [5, 5.41) is 1.67. The maximum atomic E-state index is 13.1. The second-order valence-electron chi connectivity index (χ2n) is 6.51. The average Bonchev–Trinajstić information content (AvgIpc) is 3.20. The lowest BCUT2D eigenvalue weighted by molar-refractivity contribution is 0.102. The first-order chi connectivity index (χ1) is 14.6. The highest BCUT2D eigenvalue weighted by Crippen LogP contribution is 2.32. The Morgan fingerprint density at radius 2 is 1.90 bits per heavy atom. The smallest absolute Gasteiger partial charge is 0.263 e. The van der Waals surface area contributed by atoms with Crippen molar-refractivity contribution in [3.8, 4) is 10.4 Å². The molecule has 2 aromatic carbocycles. The summed E-state index contributed by atoms with van der Waals surface area (Å²) in [6.07, 6.45) is 1.66. The van der Waals surface area contributed by atoms with Crippen molar-refractivity contribution in [2.75, 3.05) is 5.75 Å². The largest absolute Gasteiger partial charge is 0.293 e. The zero-order chi connectivity index (χ0) is 21.1. The van der Waals surface area contributed by atoms with Gasteiger partial charge in [0.1, 0.15) is 4.83 Å². The van der Waals surface area contributed by atoms with Gasteiger partial charge in [0.05, 0.1) is 11.1 Å². The molecule has 0 aliphatic heterocycles. The van der Waals surface area contributed by atoms with E-state index in [1.165, 1.54) is 23.1 Å². The normalized spacial score (nSPS) is 11.0. The predicted molar refractivity (Wildman–Crippen MR) is 126 cm³/mol. The van der Waals surface area contributed by atoms with Crippen molar-refractivity contribution < 1.29 is 4.79 Å². The Morgan fingerprint density at radius 3 is 2.60 bits per heavy atom. The molecule has 2 aromatic heterocycles. The number of thioether (sulfide) groups is 1. The van der Waals surface area contributed by atoms with Gasteiger partial charge in [-0.2, -0.15) is 0 Å². The summed E-state index contributed by atoms with van der Waals surface area (Å²) in [6.45, 7) is 4.08. The SMILES string of the molecule is C=CCn1c(SCC(=O)c2ccc(Cl)cc2)nc2sc(-c3ccccc3)cc2c1=O. The number of fused-ring (bicyclic) bond motifs is 1. The van der Waals surface area contributed by atoms with E-state index in [1.54, 1.807) is 34.9 Å². The van der Waals surface area contributed by atoms with E-state index < -0.39 is 0 Å². The van der Waals surface area contributed by atoms with Gasteiger partial charge in [-0.1, -0.05) is 59.8 Å². The summed E-state index contributed by atoms with van der Waals surface area (Å²) in [6, 6.07) is 18.6. The Morgan fingerprint density at radius 1 is 1.17 bits per heavy atom. The van der Waals surface area contributed by atoms with Crippen molar-refractivity contribution in [2.45, 2.75) is 11.7 Å². The summed E-state index contributed by atoms with van der Waals surface area (Å²) in [5.41, 5.74) is 1.50. The minimum Gasteiger partial charge on any atom is -0.293 e. The van der Waals surface area contributed by atoms with Crippen molar-refractivity contribution in [1.29, 1.82) is 0 Å². The lowest BCUT2D eigenvalue weighted by Crippen LogP contribution is -2.22. The van der Waals surface area contributed by atoms with Gasteiger partial charge in [-0.05, 0) is 35.9 Å². The number of carbonyl (C=O) groups excluding carboxylic acids is 1. The highest BCUT2D eigenvalue weighted by atomic mass is 35.5. The van der Waals surface area contributed by atoms with Crippen LogP contribution in [0.2, 0.25) is 5.02 Å². The number of ketones is 1. The Labute approximate surface area is 186 Å². The number of allylic oxidation sites excluding steroid dienone is 1. The first-order valence-electron chi connectivity index (χ1n) is 9.19. The van der Waals surface area contributed by atoms with Crippen molar-refractivity contribution >= 4 is 50.7 Å². The molecule has 0 N–H and O–H groups in total. The van der Waals surface area contributed by atoms with Crippen LogP contribution in [0.15, 0.2) is 83.3 Å². The van der Waals surface area contributed by atoms with E-state index >= 15 is 0 Å². The summed E-state index contributed by atoms with van der Waals surface area (Å²) in [5.74, 6) is 0.125. The molecule has 0 spiro atoms. The quantitative estimate of drug-likeness (QED) is 0.151. The third-order valence-electron chi connectivity index (χ3n) is 4.48. The third kappa shape index (κ3) is 4.26. The maximum absolute atomic E-state index is 13.1. The number of nitrogens with zero attached hydrogens (tertiary/aromatic N) is 2. The first-order valence-corrected chi connectivity index (χ1v) is 11.4. The fourth-order valence-corrected chi connectivity index (χ4v) is 5.10. The average molecular weight is 453 g/mol. The van der Waals surface area contributed by atoms with Gasteiger partial charge in [-0.3, -0.25) is 14.2 Å². The second-order valence-corrected chi connectivity index (χ2v) is 8.92. The molecule has 0 aliphatic rings. The van der Waals surface area contributed by atoms with Gasteiger partial charge in [0.15, 0.2) is 10.9 Å². The Bertz CT molecular complexity index is 1280. The zero-order valence-electron chi connectivity index (χ0n) is 15.9. The van der Waals surface area contributed by atoms with E-state index in [0.29, 0.717) is 32.5 Å². The number of thiophene rings is 1. The van der Waals surface area contributed by atoms with Crippen LogP contribution in [0.4, 0.5) is 0 Å². The zero-order valence-corrected chi connectivity index (χ0v) is 18.3. The molecule has 0 saturated carbocycles. The van der Waals surface area contributed by atoms with Crippen LogP contribution in [0.5, 0.6) is 0 Å². The van der Waals surface area contributed by atoms with Crippen molar-refractivity contribution in [3.05, 3.63) is 94.3 Å². The monoisotopic (exact) mass is 452 g/mol. The first kappa shape index (κ1) is 20.6. The number of benzene rings is 2. The van der Waals surface area contributed by atoms with Crippen LogP contribution >= 0.6 is 34.7 Å². The molecule has 2 heterocycles. The van der Waals surface area contributed by atoms with E-state index in [1.807, 2.05) is 36.4 Å². The molecule has 0 unspecified atom stereocenters. The van der Waals surface area contributed by atoms with Crippen LogP contribution < -0.4 is 5.56 Å². The van der Waals surface area contributed by atoms with Crippen molar-refractivity contribution in [2.24, 2.45) is 0 Å². The molecule has 4 nitrogen and oxygen atoms in total. The molecule has 0 atom stereocenters. The van der Waals surface area contributed by atoms with Crippen molar-refractivity contribution in [1.82, 2.24) is 9.55 Å². The van der Waals surface area contributed by atoms with Crippen LogP contribution in [0.1, 0.15) is 10.4 Å². The van der Waals surface area contributed by atoms with Gasteiger partial charge < -0.3 is 0 Å². The van der Waals surface area contributed by atoms with Crippen LogP contribution in [0.3, 0.4) is 0 Å². The maximum Gasteiger partial charge on any atom is 0.263 e. The summed E-state index contributed by atoms with van der Waals surface area (Å²) in [4.78, 5) is 32.0. The number of hydrogen-bond donors (Lipinski definition) is 0. The molecule has 0 saturated heterocycles. The topological polar surface area (TPSA) is 52.0 Å². The Balaban J connectivity index is 1.68. The molecule has 7 heteroatoms. The van der Waals surface area contributed by atoms with E-state index in [9.17, 15) is 9.59 Å². The fourth-order valence-electron chi connectivity index (χ4n) is 2.99. The van der Waals surface area contributed by atoms with Gasteiger partial charge in [-0.15, -0.1) is 17.9 Å². The van der Waals surface area contributed by atoms with Gasteiger partial charge in [0, 0.05) is 22.0 Å². The van der Waals surface area contributed by atoms with E-state index in [4.69, 9.17) is 16.6 Å². The Hall–Kier alpha value is -2.67. The molecule has 150 valence electrons. The molecule has 4 rings (SSSR count). The number of halogens is 1. The lowest BCUT2D eigenvalue weighted by Gasteiger charge is -2.09. The molecule has 0 aliphatic carbocycles. The number of Topliss-reactive ketones (excluding diaryl/α,β-unsaturated/α-hetero) is 1. The third-order valence-corrected chi connectivity index (χ3v) is 6.79. The number of aromatic nitrogens is 2. The number of carbonyl (C=O) groups is 1. The minimum absolute atomic E-state index is 0.0488. The Kier molecular flexibility index (Phi) is 6.18. The standard InChI is InChI=1S/C23H17ClN2O2S2/c1-2-12-26-22(28)18-13-20(16-6-4-3-5-7-16)30-21(18)25-23(26)29-14-19(27)15-8-10-17(24)11-9-15/h2-11,13H,1,12,14H2. The molecular weight excluding hydrogens is 436 g/mol. The molecular formula is C23H17ClN2O2S2. The van der Waals surface area contributed by atoms with Gasteiger partial charge >= 0.3 is 0 Å². The predicted octanol–water partition coefficient (Wildman–Crippen LogP) is 5.94. The summed E-state index contributed by atoms with van der Waals surface area (Å²) in [7, 11) is 0. The van der Waals surface area contributed by atoms with Gasteiger partial charge in [0.2, 0.25) is 0 Å². The summed E-state index contributed by atoms with van der Waals surface area (Å²) < 4.78 is 1.57. The highest BCUT2D eigenvalue weighted by Gasteiger charge is 2.16. The van der Waals surface area contributed by atoms with E-state index in [0.717, 1.165) is 10.4 Å². The molecule has 4 aromatic rings. The second kappa shape index (κ2) is 9.00. The molecule has 0 radical (unpaired) electrons. The van der Waals surface area contributed by atoms with Crippen molar-refractivity contribution in [3.63, 3.8) is 0 Å². The van der Waals surface area contributed by atoms with E-state index in [2.05, 4.69) is 6.58 Å². The van der Waals surface area contributed by atoms with Crippen LogP contribution in [0, 0.1) is 0 Å². The molecule has 0 fully saturated rings. The van der Waals surface area contributed by atoms with E-state index in [-0.39, 0.29) is 17.1 Å². The molecule has 0 amide bonds. The van der Waals surface area contributed by atoms with Crippen LogP contribution in [-0.4, -0.2) is 21.1 Å². The van der Waals surface area contributed by atoms with Crippen LogP contribution in [0.25, 0.3) is 20.7 Å². The summed E-state index contributed by atoms with van der Waals surface area (Å²) >= 11 is 8.62. The molecule has 0 bridgehead atoms. The number of hydrogen-bond acceptors (Lipinski definition) is 5. The number of rotatable bonds is 7. The van der Waals surface area contributed by atoms with Gasteiger partial charge in [-0.25, -0.2) is 4.98 Å². The van der Waals surface area contributed by atoms with Gasteiger partial charge in [0.25, 0.3) is 5.56 Å². The lowest BCUT2D eigenvalue weighted by atomic mass is 10.1.